The molecule has 0 aromatic heterocycles. The van der Waals surface area contributed by atoms with Crippen LogP contribution in [0.15, 0.2) is 0 Å². The first-order chi connectivity index (χ1) is 7.97. The third-order valence-corrected chi connectivity index (χ3v) is 3.16. The van der Waals surface area contributed by atoms with Gasteiger partial charge in [0, 0.05) is 26.2 Å². The van der Waals surface area contributed by atoms with Crippen molar-refractivity contribution in [2.24, 2.45) is 11.7 Å². The fraction of sp³-hybridized carbons (Fsp3) is 1.00. The number of alkyl halides is 3. The van der Waals surface area contributed by atoms with Gasteiger partial charge in [0.2, 0.25) is 0 Å². The molecule has 1 aliphatic rings. The van der Waals surface area contributed by atoms with Gasteiger partial charge in [0.25, 0.3) is 0 Å². The fourth-order valence-corrected chi connectivity index (χ4v) is 2.03. The van der Waals surface area contributed by atoms with Crippen LogP contribution in [0.2, 0.25) is 0 Å². The van der Waals surface area contributed by atoms with Gasteiger partial charge in [-0.05, 0) is 19.4 Å². The van der Waals surface area contributed by atoms with Crippen molar-refractivity contribution in [1.29, 1.82) is 0 Å². The van der Waals surface area contributed by atoms with Gasteiger partial charge in [0.1, 0.15) is 0 Å². The zero-order chi connectivity index (χ0) is 12.9. The van der Waals surface area contributed by atoms with Crippen LogP contribution in [0.3, 0.4) is 0 Å². The Bertz CT molecular complexity index is 217. The third-order valence-electron chi connectivity index (χ3n) is 3.16. The lowest BCUT2D eigenvalue weighted by atomic mass is 10.1. The summed E-state index contributed by atoms with van der Waals surface area (Å²) in [4.78, 5) is 1.78. The second-order valence-corrected chi connectivity index (χ2v) is 4.46. The van der Waals surface area contributed by atoms with E-state index in [1.54, 1.807) is 4.90 Å². The summed E-state index contributed by atoms with van der Waals surface area (Å²) in [6.45, 7) is 3.36. The lowest BCUT2D eigenvalue weighted by Crippen LogP contribution is -2.43. The average molecular weight is 254 g/mol. The minimum Gasteiger partial charge on any atom is -0.377 e. The molecule has 0 spiro atoms. The average Bonchev–Trinajstić information content (AvgIpc) is 2.74. The number of nitrogens with two attached hydrogens (primary N) is 1. The molecule has 0 aromatic rings. The van der Waals surface area contributed by atoms with Crippen LogP contribution in [0, 0.1) is 5.92 Å². The summed E-state index contributed by atoms with van der Waals surface area (Å²) in [5, 5.41) is 0. The smallest absolute Gasteiger partial charge is 0.377 e. The molecule has 0 radical (unpaired) electrons. The molecule has 0 aliphatic carbocycles. The van der Waals surface area contributed by atoms with Crippen molar-refractivity contribution in [3.8, 4) is 0 Å². The maximum Gasteiger partial charge on any atom is 0.394 e. The van der Waals surface area contributed by atoms with E-state index < -0.39 is 12.1 Å². The molecule has 1 heterocycles. The summed E-state index contributed by atoms with van der Waals surface area (Å²) in [6.07, 6.45) is -2.18. The van der Waals surface area contributed by atoms with Gasteiger partial charge in [0.05, 0.1) is 12.0 Å². The van der Waals surface area contributed by atoms with Crippen LogP contribution in [-0.2, 0) is 4.74 Å². The first-order valence-electron chi connectivity index (χ1n) is 6.08. The maximum atomic E-state index is 12.6. The first kappa shape index (κ1) is 14.7. The molecular formula is C11H21F3N2O. The lowest BCUT2D eigenvalue weighted by Gasteiger charge is -2.28. The predicted molar refractivity (Wildman–Crippen MR) is 59.7 cm³/mol. The largest absolute Gasteiger partial charge is 0.394 e. The normalized spacial score (nSPS) is 23.3. The molecule has 1 rings (SSSR count). The highest BCUT2D eigenvalue weighted by molar-refractivity contribution is 4.76. The highest BCUT2D eigenvalue weighted by Gasteiger charge is 2.39. The lowest BCUT2D eigenvalue weighted by molar-refractivity contribution is -0.176. The number of ether oxygens (including phenoxy) is 1. The molecule has 3 nitrogen and oxygen atoms in total. The maximum absolute atomic E-state index is 12.6. The van der Waals surface area contributed by atoms with Crippen molar-refractivity contribution >= 4 is 0 Å². The monoisotopic (exact) mass is 254 g/mol. The van der Waals surface area contributed by atoms with E-state index in [4.69, 9.17) is 10.5 Å². The Kier molecular flexibility index (Phi) is 5.69. The van der Waals surface area contributed by atoms with Crippen LogP contribution in [0.5, 0.6) is 0 Å². The van der Waals surface area contributed by atoms with E-state index in [1.165, 1.54) is 0 Å². The molecule has 1 aliphatic heterocycles. The molecule has 1 fully saturated rings. The van der Waals surface area contributed by atoms with Crippen LogP contribution in [0.1, 0.15) is 19.8 Å². The standard InChI is InChI=1S/C11H21F3N2O/c1-2-16(8-10-4-3-5-17-10)7-9(6-15)11(12,13)14/h9-10H,2-8,15H2,1H3. The van der Waals surface area contributed by atoms with Crippen molar-refractivity contribution in [1.82, 2.24) is 4.90 Å². The molecule has 0 bridgehead atoms. The minimum atomic E-state index is -4.21. The molecule has 6 heteroatoms. The second kappa shape index (κ2) is 6.56. The number of hydrogen-bond acceptors (Lipinski definition) is 3. The highest BCUT2D eigenvalue weighted by Crippen LogP contribution is 2.26. The molecule has 1 saturated heterocycles. The molecule has 2 atom stereocenters. The number of halogens is 3. The molecule has 0 amide bonds. The Hall–Kier alpha value is -0.330. The molecule has 0 saturated carbocycles. The number of likely N-dealkylation sites (N-methyl/N-ethyl adjacent to an activating group) is 1. The summed E-state index contributed by atoms with van der Waals surface area (Å²) < 4.78 is 43.2. The van der Waals surface area contributed by atoms with Gasteiger partial charge in [-0.2, -0.15) is 13.2 Å². The van der Waals surface area contributed by atoms with Crippen molar-refractivity contribution < 1.29 is 17.9 Å². The SMILES string of the molecule is CCN(CC1CCCO1)CC(CN)C(F)(F)F. The summed E-state index contributed by atoms with van der Waals surface area (Å²) in [5.74, 6) is -1.44. The number of hydrogen-bond donors (Lipinski definition) is 1. The van der Waals surface area contributed by atoms with E-state index in [1.807, 2.05) is 6.92 Å². The summed E-state index contributed by atoms with van der Waals surface area (Å²) in [7, 11) is 0. The zero-order valence-electron chi connectivity index (χ0n) is 10.2. The topological polar surface area (TPSA) is 38.5 Å². The Morgan fingerprint density at radius 3 is 2.59 bits per heavy atom. The van der Waals surface area contributed by atoms with Gasteiger partial charge >= 0.3 is 6.18 Å². The molecule has 2 N–H and O–H groups in total. The van der Waals surface area contributed by atoms with Crippen molar-refractivity contribution in [2.75, 3.05) is 32.8 Å². The van der Waals surface area contributed by atoms with Crippen molar-refractivity contribution in [3.63, 3.8) is 0 Å². The van der Waals surface area contributed by atoms with Gasteiger partial charge in [-0.15, -0.1) is 0 Å². The van der Waals surface area contributed by atoms with Crippen LogP contribution < -0.4 is 5.73 Å². The number of rotatable bonds is 6. The van der Waals surface area contributed by atoms with E-state index in [2.05, 4.69) is 0 Å². The van der Waals surface area contributed by atoms with Crippen LogP contribution in [0.25, 0.3) is 0 Å². The Morgan fingerprint density at radius 2 is 2.18 bits per heavy atom. The van der Waals surface area contributed by atoms with E-state index in [0.29, 0.717) is 13.1 Å². The Labute approximate surface area is 100 Å². The Balaban J connectivity index is 2.43. The van der Waals surface area contributed by atoms with Crippen molar-refractivity contribution in [3.05, 3.63) is 0 Å². The summed E-state index contributed by atoms with van der Waals surface area (Å²) >= 11 is 0. The Morgan fingerprint density at radius 1 is 1.47 bits per heavy atom. The van der Waals surface area contributed by atoms with E-state index in [9.17, 15) is 13.2 Å². The molecule has 17 heavy (non-hydrogen) atoms. The van der Waals surface area contributed by atoms with Crippen LogP contribution >= 0.6 is 0 Å². The molecule has 102 valence electrons. The molecular weight excluding hydrogens is 233 g/mol. The van der Waals surface area contributed by atoms with Gasteiger partial charge in [-0.3, -0.25) is 0 Å². The number of nitrogens with zero attached hydrogens (tertiary/aromatic N) is 1. The molecule has 2 unspecified atom stereocenters. The second-order valence-electron chi connectivity index (χ2n) is 4.46. The third kappa shape index (κ3) is 4.81. The fourth-order valence-electron chi connectivity index (χ4n) is 2.03. The van der Waals surface area contributed by atoms with E-state index in [0.717, 1.165) is 19.4 Å². The highest BCUT2D eigenvalue weighted by atomic mass is 19.4. The van der Waals surface area contributed by atoms with E-state index >= 15 is 0 Å². The van der Waals surface area contributed by atoms with Gasteiger partial charge in [-0.25, -0.2) is 0 Å². The van der Waals surface area contributed by atoms with Gasteiger partial charge < -0.3 is 15.4 Å². The van der Waals surface area contributed by atoms with Gasteiger partial charge in [0.15, 0.2) is 0 Å². The van der Waals surface area contributed by atoms with E-state index in [-0.39, 0.29) is 19.2 Å². The van der Waals surface area contributed by atoms with Crippen LogP contribution in [-0.4, -0.2) is 50.0 Å². The summed E-state index contributed by atoms with van der Waals surface area (Å²) in [5.41, 5.74) is 5.19. The van der Waals surface area contributed by atoms with Crippen LogP contribution in [0.4, 0.5) is 13.2 Å². The first-order valence-corrected chi connectivity index (χ1v) is 6.08. The predicted octanol–water partition coefficient (Wildman–Crippen LogP) is 1.62. The summed E-state index contributed by atoms with van der Waals surface area (Å²) in [6, 6.07) is 0. The van der Waals surface area contributed by atoms with Gasteiger partial charge in [-0.1, -0.05) is 6.92 Å². The quantitative estimate of drug-likeness (QED) is 0.783. The zero-order valence-corrected chi connectivity index (χ0v) is 10.2. The minimum absolute atomic E-state index is 0.0314. The molecule has 0 aromatic carbocycles. The van der Waals surface area contributed by atoms with Crippen molar-refractivity contribution in [2.45, 2.75) is 32.0 Å².